The third-order valence-corrected chi connectivity index (χ3v) is 3.20. The van der Waals surface area contributed by atoms with E-state index in [1.54, 1.807) is 16.7 Å². The molecule has 0 saturated heterocycles. The summed E-state index contributed by atoms with van der Waals surface area (Å²) in [7, 11) is 0. The molecule has 2 rings (SSSR count). The summed E-state index contributed by atoms with van der Waals surface area (Å²) in [5, 5.41) is 0. The van der Waals surface area contributed by atoms with Gasteiger partial charge in [-0.2, -0.15) is 0 Å². The van der Waals surface area contributed by atoms with Crippen molar-refractivity contribution < 1.29 is 0 Å². The van der Waals surface area contributed by atoms with E-state index in [-0.39, 0.29) is 0 Å². The molecule has 0 aromatic heterocycles. The Labute approximate surface area is 93.0 Å². The predicted octanol–water partition coefficient (Wildman–Crippen LogP) is 4.16. The largest absolute Gasteiger partial charge is 0.0795 e. The van der Waals surface area contributed by atoms with Gasteiger partial charge in [-0.3, -0.25) is 0 Å². The molecule has 0 atom stereocenters. The van der Waals surface area contributed by atoms with Gasteiger partial charge in [0.1, 0.15) is 0 Å². The molecule has 0 amide bonds. The minimum absolute atomic E-state index is 1.15. The molecule has 0 fully saturated rings. The van der Waals surface area contributed by atoms with E-state index in [0.717, 1.165) is 6.42 Å². The van der Waals surface area contributed by atoms with Crippen molar-refractivity contribution in [3.63, 3.8) is 0 Å². The maximum Gasteiger partial charge on any atom is -0.00853 e. The Morgan fingerprint density at radius 1 is 1.07 bits per heavy atom. The number of aryl methyl sites for hydroxylation is 1. The lowest BCUT2D eigenvalue weighted by Crippen LogP contribution is -2.00. The van der Waals surface area contributed by atoms with Gasteiger partial charge in [0.15, 0.2) is 0 Å². The first kappa shape index (κ1) is 10.5. The first-order valence-corrected chi connectivity index (χ1v) is 6.17. The van der Waals surface area contributed by atoms with E-state index in [1.807, 2.05) is 0 Å². The van der Waals surface area contributed by atoms with Crippen molar-refractivity contribution in [2.45, 2.75) is 46.0 Å². The molecule has 1 aromatic rings. The molecule has 0 unspecified atom stereocenters. The fourth-order valence-corrected chi connectivity index (χ4v) is 2.53. The highest BCUT2D eigenvalue weighted by molar-refractivity contribution is 5.63. The summed E-state index contributed by atoms with van der Waals surface area (Å²) in [4.78, 5) is 0. The number of rotatable bonds is 4. The van der Waals surface area contributed by atoms with Crippen molar-refractivity contribution in [3.8, 4) is 0 Å². The van der Waals surface area contributed by atoms with Crippen LogP contribution in [0.15, 0.2) is 18.2 Å². The number of allylic oxidation sites excluding steroid dienone is 1. The second kappa shape index (κ2) is 4.65. The molecule has 1 aromatic carbocycles. The summed E-state index contributed by atoms with van der Waals surface area (Å²) in [6.07, 6.45) is 10.7. The zero-order chi connectivity index (χ0) is 10.7. The quantitative estimate of drug-likeness (QED) is 0.684. The van der Waals surface area contributed by atoms with Gasteiger partial charge in [-0.15, -0.1) is 0 Å². The van der Waals surface area contributed by atoms with Crippen LogP contribution in [0.25, 0.3) is 6.08 Å². The second-order valence-corrected chi connectivity index (χ2v) is 4.38. The lowest BCUT2D eigenvalue weighted by atomic mass is 9.92. The average molecular weight is 200 g/mol. The molecule has 0 N–H and O–H groups in total. The Hall–Kier alpha value is -1.04. The van der Waals surface area contributed by atoms with Crippen LogP contribution >= 0.6 is 0 Å². The molecule has 0 heterocycles. The standard InChI is InChI=1S/C15H20/c1-3-6-12-10-11-13-8-5-9-15(13)14(12)7-4-2/h5,8,10-11H,3-4,6-7,9H2,1-2H3. The summed E-state index contributed by atoms with van der Waals surface area (Å²) < 4.78 is 0. The SMILES string of the molecule is CCCc1ccc2c(c1CCC)CC=C2. The molecule has 15 heavy (non-hydrogen) atoms. The third kappa shape index (κ3) is 1.99. The van der Waals surface area contributed by atoms with Crippen LogP contribution in [0.4, 0.5) is 0 Å². The third-order valence-electron chi connectivity index (χ3n) is 3.20. The predicted molar refractivity (Wildman–Crippen MR) is 67.2 cm³/mol. The average Bonchev–Trinajstić information content (AvgIpc) is 2.70. The second-order valence-electron chi connectivity index (χ2n) is 4.38. The monoisotopic (exact) mass is 200 g/mol. The Morgan fingerprint density at radius 3 is 2.60 bits per heavy atom. The molecule has 0 saturated carbocycles. The number of benzene rings is 1. The van der Waals surface area contributed by atoms with E-state index < -0.39 is 0 Å². The molecule has 0 aliphatic heterocycles. The van der Waals surface area contributed by atoms with E-state index in [1.165, 1.54) is 31.2 Å². The van der Waals surface area contributed by atoms with Crippen LogP contribution in [0, 0.1) is 0 Å². The number of hydrogen-bond donors (Lipinski definition) is 0. The van der Waals surface area contributed by atoms with Crippen LogP contribution in [0.5, 0.6) is 0 Å². The van der Waals surface area contributed by atoms with Crippen molar-refractivity contribution in [3.05, 3.63) is 40.5 Å². The summed E-state index contributed by atoms with van der Waals surface area (Å²) >= 11 is 0. The molecule has 1 aliphatic carbocycles. The van der Waals surface area contributed by atoms with Crippen molar-refractivity contribution in [2.75, 3.05) is 0 Å². The van der Waals surface area contributed by atoms with Crippen LogP contribution in [-0.2, 0) is 19.3 Å². The first-order chi connectivity index (χ1) is 7.36. The van der Waals surface area contributed by atoms with Crippen LogP contribution < -0.4 is 0 Å². The lowest BCUT2D eigenvalue weighted by molar-refractivity contribution is 0.850. The van der Waals surface area contributed by atoms with Crippen molar-refractivity contribution >= 4 is 6.08 Å². The van der Waals surface area contributed by atoms with E-state index in [0.29, 0.717) is 0 Å². The van der Waals surface area contributed by atoms with Gasteiger partial charge < -0.3 is 0 Å². The van der Waals surface area contributed by atoms with Gasteiger partial charge in [0, 0.05) is 0 Å². The Kier molecular flexibility index (Phi) is 3.25. The molecule has 0 radical (unpaired) electrons. The van der Waals surface area contributed by atoms with E-state index in [2.05, 4.69) is 38.1 Å². The smallest absolute Gasteiger partial charge is 0.00853 e. The van der Waals surface area contributed by atoms with Crippen LogP contribution in [-0.4, -0.2) is 0 Å². The molecule has 1 aliphatic rings. The first-order valence-electron chi connectivity index (χ1n) is 6.17. The molecule has 0 spiro atoms. The minimum Gasteiger partial charge on any atom is -0.0795 e. The Bertz CT molecular complexity index is 372. The summed E-state index contributed by atoms with van der Waals surface area (Å²) in [5.41, 5.74) is 6.28. The van der Waals surface area contributed by atoms with E-state index >= 15 is 0 Å². The van der Waals surface area contributed by atoms with Gasteiger partial charge in [-0.25, -0.2) is 0 Å². The molecule has 80 valence electrons. The fraction of sp³-hybridized carbons (Fsp3) is 0.467. The highest BCUT2D eigenvalue weighted by Gasteiger charge is 2.12. The van der Waals surface area contributed by atoms with Gasteiger partial charge in [0.05, 0.1) is 0 Å². The highest BCUT2D eigenvalue weighted by atomic mass is 14.2. The van der Waals surface area contributed by atoms with Crippen molar-refractivity contribution in [1.82, 2.24) is 0 Å². The van der Waals surface area contributed by atoms with Crippen molar-refractivity contribution in [2.24, 2.45) is 0 Å². The van der Waals surface area contributed by atoms with Crippen LogP contribution in [0.3, 0.4) is 0 Å². The van der Waals surface area contributed by atoms with Gasteiger partial charge in [0.25, 0.3) is 0 Å². The Balaban J connectivity index is 2.40. The normalized spacial score (nSPS) is 13.2. The molecule has 0 nitrogen and oxygen atoms in total. The number of hydrogen-bond acceptors (Lipinski definition) is 0. The maximum atomic E-state index is 2.34. The van der Waals surface area contributed by atoms with E-state index in [9.17, 15) is 0 Å². The maximum absolute atomic E-state index is 2.34. The Morgan fingerprint density at radius 2 is 1.87 bits per heavy atom. The summed E-state index contributed by atoms with van der Waals surface area (Å²) in [6.45, 7) is 4.54. The van der Waals surface area contributed by atoms with Crippen molar-refractivity contribution in [1.29, 1.82) is 0 Å². The topological polar surface area (TPSA) is 0 Å². The zero-order valence-corrected chi connectivity index (χ0v) is 9.84. The zero-order valence-electron chi connectivity index (χ0n) is 9.84. The number of fused-ring (bicyclic) bond motifs is 1. The summed E-state index contributed by atoms with van der Waals surface area (Å²) in [6, 6.07) is 4.63. The minimum atomic E-state index is 1.15. The highest BCUT2D eigenvalue weighted by Crippen LogP contribution is 2.27. The van der Waals surface area contributed by atoms with Crippen LogP contribution in [0.1, 0.15) is 48.9 Å². The molecule has 0 bridgehead atoms. The molecular weight excluding hydrogens is 180 g/mol. The van der Waals surface area contributed by atoms with Gasteiger partial charge in [0.2, 0.25) is 0 Å². The van der Waals surface area contributed by atoms with Gasteiger partial charge >= 0.3 is 0 Å². The summed E-state index contributed by atoms with van der Waals surface area (Å²) in [5.74, 6) is 0. The lowest BCUT2D eigenvalue weighted by Gasteiger charge is -2.13. The molecular formula is C15H20. The van der Waals surface area contributed by atoms with E-state index in [4.69, 9.17) is 0 Å². The van der Waals surface area contributed by atoms with Gasteiger partial charge in [-0.1, -0.05) is 51.0 Å². The molecule has 0 heteroatoms. The fourth-order valence-electron chi connectivity index (χ4n) is 2.53. The van der Waals surface area contributed by atoms with Gasteiger partial charge in [-0.05, 0) is 41.5 Å². The van der Waals surface area contributed by atoms with Crippen LogP contribution in [0.2, 0.25) is 0 Å².